The summed E-state index contributed by atoms with van der Waals surface area (Å²) in [5.41, 5.74) is 1.89. The molecule has 27 heavy (non-hydrogen) atoms. The van der Waals surface area contributed by atoms with Crippen LogP contribution in [0.2, 0.25) is 5.02 Å². The summed E-state index contributed by atoms with van der Waals surface area (Å²) in [5, 5.41) is 0.620. The number of carbonyl (C=O) groups is 2. The van der Waals surface area contributed by atoms with Gasteiger partial charge in [0.25, 0.3) is 0 Å². The average Bonchev–Trinajstić information content (AvgIpc) is 2.67. The van der Waals surface area contributed by atoms with Gasteiger partial charge in [-0.05, 0) is 57.7 Å². The van der Waals surface area contributed by atoms with Crippen LogP contribution in [0.3, 0.4) is 0 Å². The molecule has 0 saturated heterocycles. The van der Waals surface area contributed by atoms with Crippen molar-refractivity contribution in [3.8, 4) is 5.75 Å². The van der Waals surface area contributed by atoms with Gasteiger partial charge in [-0.1, -0.05) is 29.8 Å². The molecule has 0 bridgehead atoms. The Kier molecular flexibility index (Phi) is 8.13. The van der Waals surface area contributed by atoms with E-state index in [9.17, 15) is 9.59 Å². The van der Waals surface area contributed by atoms with Crippen molar-refractivity contribution in [1.29, 1.82) is 0 Å². The van der Waals surface area contributed by atoms with Crippen LogP contribution >= 0.6 is 27.5 Å². The maximum Gasteiger partial charge on any atom is 0.325 e. The van der Waals surface area contributed by atoms with Gasteiger partial charge in [0.05, 0.1) is 18.7 Å². The van der Waals surface area contributed by atoms with Crippen molar-refractivity contribution in [2.45, 2.75) is 19.4 Å². The van der Waals surface area contributed by atoms with Gasteiger partial charge in [0.15, 0.2) is 0 Å². The molecule has 0 fully saturated rings. The summed E-state index contributed by atoms with van der Waals surface area (Å²) in [5.74, 6) is 0.159. The van der Waals surface area contributed by atoms with E-state index in [1.54, 1.807) is 19.2 Å². The minimum atomic E-state index is -0.454. The van der Waals surface area contributed by atoms with E-state index in [1.165, 1.54) is 12.0 Å². The Hall–Kier alpha value is -2.05. The minimum Gasteiger partial charge on any atom is -0.496 e. The molecule has 2 rings (SSSR count). The molecule has 0 radical (unpaired) electrons. The molecule has 144 valence electrons. The summed E-state index contributed by atoms with van der Waals surface area (Å²) in [6, 6.07) is 12.9. The number of aryl methyl sites for hydroxylation is 1. The molecule has 0 spiro atoms. The van der Waals surface area contributed by atoms with Crippen LogP contribution in [-0.2, 0) is 27.3 Å². The van der Waals surface area contributed by atoms with E-state index in [-0.39, 0.29) is 18.9 Å². The molecule has 0 aliphatic rings. The first-order valence-corrected chi connectivity index (χ1v) is 9.51. The van der Waals surface area contributed by atoms with Gasteiger partial charge in [0.2, 0.25) is 5.91 Å². The first-order valence-electron chi connectivity index (χ1n) is 8.34. The zero-order valence-corrected chi connectivity index (χ0v) is 17.5. The topological polar surface area (TPSA) is 55.8 Å². The third kappa shape index (κ3) is 6.56. The summed E-state index contributed by atoms with van der Waals surface area (Å²) in [6.07, 6.45) is 0.836. The van der Waals surface area contributed by atoms with E-state index < -0.39 is 5.97 Å². The van der Waals surface area contributed by atoms with Gasteiger partial charge < -0.3 is 14.4 Å². The van der Waals surface area contributed by atoms with Crippen LogP contribution < -0.4 is 4.74 Å². The molecule has 0 atom stereocenters. The van der Waals surface area contributed by atoms with Crippen molar-refractivity contribution in [3.05, 3.63) is 63.1 Å². The van der Waals surface area contributed by atoms with Crippen molar-refractivity contribution >= 4 is 39.4 Å². The second-order valence-electron chi connectivity index (χ2n) is 5.92. The molecule has 0 heterocycles. The highest BCUT2D eigenvalue weighted by molar-refractivity contribution is 9.10. The van der Waals surface area contributed by atoms with E-state index in [2.05, 4.69) is 15.9 Å². The maximum atomic E-state index is 12.7. The molecule has 7 heteroatoms. The number of methoxy groups -OCH3 is 2. The van der Waals surface area contributed by atoms with Crippen molar-refractivity contribution in [1.82, 2.24) is 4.90 Å². The van der Waals surface area contributed by atoms with Gasteiger partial charge in [-0.25, -0.2) is 0 Å². The highest BCUT2D eigenvalue weighted by Crippen LogP contribution is 2.26. The van der Waals surface area contributed by atoms with Gasteiger partial charge >= 0.3 is 5.97 Å². The van der Waals surface area contributed by atoms with E-state index in [1.807, 2.05) is 30.3 Å². The predicted molar refractivity (Wildman–Crippen MR) is 108 cm³/mol. The van der Waals surface area contributed by atoms with Crippen LogP contribution in [-0.4, -0.2) is 37.5 Å². The van der Waals surface area contributed by atoms with Gasteiger partial charge in [-0.3, -0.25) is 9.59 Å². The smallest absolute Gasteiger partial charge is 0.325 e. The zero-order chi connectivity index (χ0) is 19.8. The Morgan fingerprint density at radius 3 is 2.33 bits per heavy atom. The van der Waals surface area contributed by atoms with E-state index in [0.29, 0.717) is 18.0 Å². The normalized spacial score (nSPS) is 10.4. The fraction of sp³-hybridized carbons (Fsp3) is 0.300. The number of hydrogen-bond donors (Lipinski definition) is 0. The molecule has 1 amide bonds. The van der Waals surface area contributed by atoms with Crippen LogP contribution in [0.4, 0.5) is 0 Å². The van der Waals surface area contributed by atoms with Crippen LogP contribution in [0.15, 0.2) is 46.9 Å². The molecule has 0 aliphatic heterocycles. The second kappa shape index (κ2) is 10.3. The molecule has 0 unspecified atom stereocenters. The van der Waals surface area contributed by atoms with Crippen molar-refractivity contribution < 1.29 is 19.1 Å². The Labute approximate surface area is 172 Å². The number of carbonyl (C=O) groups excluding carboxylic acids is 2. The van der Waals surface area contributed by atoms with Gasteiger partial charge in [0.1, 0.15) is 12.3 Å². The van der Waals surface area contributed by atoms with Crippen LogP contribution in [0.1, 0.15) is 17.5 Å². The third-order valence-electron chi connectivity index (χ3n) is 4.03. The molecule has 5 nitrogen and oxygen atoms in total. The highest BCUT2D eigenvalue weighted by Gasteiger charge is 2.18. The zero-order valence-electron chi connectivity index (χ0n) is 15.2. The highest BCUT2D eigenvalue weighted by atomic mass is 79.9. The lowest BCUT2D eigenvalue weighted by atomic mass is 10.1. The second-order valence-corrected chi connectivity index (χ2v) is 7.21. The number of benzene rings is 2. The number of esters is 1. The fourth-order valence-electron chi connectivity index (χ4n) is 2.54. The Morgan fingerprint density at radius 2 is 1.74 bits per heavy atom. The Morgan fingerprint density at radius 1 is 1.07 bits per heavy atom. The standard InChI is InChI=1S/C20H21BrClNO4/c1-26-18-9-5-14(11-17(18)21)6-10-19(24)23(13-20(25)27-2)12-15-3-7-16(22)8-4-15/h3-5,7-9,11H,6,10,12-13H2,1-2H3. The lowest BCUT2D eigenvalue weighted by molar-refractivity contribution is -0.147. The fourth-order valence-corrected chi connectivity index (χ4v) is 3.25. The summed E-state index contributed by atoms with van der Waals surface area (Å²) >= 11 is 9.35. The van der Waals surface area contributed by atoms with Gasteiger partial charge in [-0.2, -0.15) is 0 Å². The number of rotatable bonds is 8. The molecular weight excluding hydrogens is 434 g/mol. The number of halogens is 2. The van der Waals surface area contributed by atoms with Gasteiger partial charge in [-0.15, -0.1) is 0 Å². The lowest BCUT2D eigenvalue weighted by Crippen LogP contribution is -2.35. The van der Waals surface area contributed by atoms with E-state index in [0.717, 1.165) is 21.3 Å². The SMILES string of the molecule is COC(=O)CN(Cc1ccc(Cl)cc1)C(=O)CCc1ccc(OC)c(Br)c1. The van der Waals surface area contributed by atoms with Crippen molar-refractivity contribution in [2.75, 3.05) is 20.8 Å². The first kappa shape index (κ1) is 21.3. The summed E-state index contributed by atoms with van der Waals surface area (Å²) in [6.45, 7) is 0.224. The van der Waals surface area contributed by atoms with Crippen LogP contribution in [0.5, 0.6) is 5.75 Å². The number of ether oxygens (including phenoxy) is 2. The monoisotopic (exact) mass is 453 g/mol. The predicted octanol–water partition coefficient (Wildman–Crippen LogP) is 4.25. The quantitative estimate of drug-likeness (QED) is 0.560. The lowest BCUT2D eigenvalue weighted by Gasteiger charge is -2.22. The number of hydrogen-bond acceptors (Lipinski definition) is 4. The largest absolute Gasteiger partial charge is 0.496 e. The van der Waals surface area contributed by atoms with Gasteiger partial charge in [0, 0.05) is 18.0 Å². The first-order chi connectivity index (χ1) is 12.9. The average molecular weight is 455 g/mol. The molecule has 0 saturated carbocycles. The van der Waals surface area contributed by atoms with Crippen molar-refractivity contribution in [3.63, 3.8) is 0 Å². The van der Waals surface area contributed by atoms with E-state index >= 15 is 0 Å². The molecular formula is C20H21BrClNO4. The third-order valence-corrected chi connectivity index (χ3v) is 4.90. The molecule has 2 aromatic rings. The molecule has 2 aromatic carbocycles. The maximum absolute atomic E-state index is 12.7. The molecule has 0 N–H and O–H groups in total. The Balaban J connectivity index is 2.04. The molecule has 0 aliphatic carbocycles. The summed E-state index contributed by atoms with van der Waals surface area (Å²) in [4.78, 5) is 25.9. The molecule has 0 aromatic heterocycles. The van der Waals surface area contributed by atoms with Crippen LogP contribution in [0.25, 0.3) is 0 Å². The number of amides is 1. The minimum absolute atomic E-state index is 0.0930. The summed E-state index contributed by atoms with van der Waals surface area (Å²) < 4.78 is 10.8. The Bertz CT molecular complexity index is 795. The van der Waals surface area contributed by atoms with E-state index in [4.69, 9.17) is 21.1 Å². The number of nitrogens with zero attached hydrogens (tertiary/aromatic N) is 1. The summed E-state index contributed by atoms with van der Waals surface area (Å²) in [7, 11) is 2.91. The van der Waals surface area contributed by atoms with Crippen molar-refractivity contribution in [2.24, 2.45) is 0 Å². The van der Waals surface area contributed by atoms with Crippen LogP contribution in [0, 0.1) is 0 Å².